The van der Waals surface area contributed by atoms with Gasteiger partial charge in [-0.15, -0.1) is 0 Å². The van der Waals surface area contributed by atoms with E-state index in [1.54, 1.807) is 24.5 Å². The maximum atomic E-state index is 12.8. The lowest BCUT2D eigenvalue weighted by molar-refractivity contribution is -0.236. The number of aromatic nitrogens is 1. The first-order chi connectivity index (χ1) is 13.5. The van der Waals surface area contributed by atoms with E-state index in [-0.39, 0.29) is 11.9 Å². The fourth-order valence-corrected chi connectivity index (χ4v) is 3.94. The van der Waals surface area contributed by atoms with Gasteiger partial charge in [0.15, 0.2) is 5.78 Å². The first-order valence-electron chi connectivity index (χ1n) is 9.26. The van der Waals surface area contributed by atoms with Crippen molar-refractivity contribution in [3.05, 3.63) is 88.6 Å². The minimum absolute atomic E-state index is 0.102. The van der Waals surface area contributed by atoms with Gasteiger partial charge in [-0.05, 0) is 43.3 Å². The summed E-state index contributed by atoms with van der Waals surface area (Å²) in [4.78, 5) is 17.5. The van der Waals surface area contributed by atoms with E-state index in [2.05, 4.69) is 0 Å². The van der Waals surface area contributed by atoms with Crippen LogP contribution in [0.5, 0.6) is 5.75 Å². The van der Waals surface area contributed by atoms with Crippen LogP contribution in [-0.2, 0) is 16.9 Å². The molecule has 2 bridgehead atoms. The van der Waals surface area contributed by atoms with Crippen molar-refractivity contribution >= 4 is 11.9 Å². The number of rotatable bonds is 3. The molecule has 2 unspecified atom stereocenters. The van der Waals surface area contributed by atoms with E-state index in [0.29, 0.717) is 23.4 Å². The van der Waals surface area contributed by atoms with E-state index in [1.165, 1.54) is 6.08 Å². The van der Waals surface area contributed by atoms with E-state index < -0.39 is 5.79 Å². The molecule has 0 N–H and O–H groups in total. The summed E-state index contributed by atoms with van der Waals surface area (Å²) in [5.41, 5.74) is 3.99. The molecule has 0 fully saturated rings. The summed E-state index contributed by atoms with van der Waals surface area (Å²) in [6.07, 6.45) is 5.28. The molecule has 28 heavy (non-hydrogen) atoms. The number of aryl methyl sites for hydroxylation is 1. The Morgan fingerprint density at radius 2 is 2.11 bits per heavy atom. The summed E-state index contributed by atoms with van der Waals surface area (Å²) in [5, 5.41) is 0. The molecule has 1 aromatic carbocycles. The lowest BCUT2D eigenvalue weighted by Gasteiger charge is -2.44. The van der Waals surface area contributed by atoms with Gasteiger partial charge < -0.3 is 13.9 Å². The number of hydrogen-bond acceptors (Lipinski definition) is 5. The van der Waals surface area contributed by atoms with Gasteiger partial charge in [0.2, 0.25) is 5.79 Å². The molecule has 5 nitrogen and oxygen atoms in total. The molecule has 2 aromatic heterocycles. The van der Waals surface area contributed by atoms with Crippen LogP contribution in [0.25, 0.3) is 6.08 Å². The molecule has 0 spiro atoms. The van der Waals surface area contributed by atoms with E-state index in [1.807, 2.05) is 44.2 Å². The van der Waals surface area contributed by atoms with E-state index in [0.717, 1.165) is 22.6 Å². The zero-order valence-corrected chi connectivity index (χ0v) is 15.6. The third-order valence-corrected chi connectivity index (χ3v) is 5.31. The fourth-order valence-electron chi connectivity index (χ4n) is 3.94. The highest BCUT2D eigenvalue weighted by Gasteiger charge is 2.46. The summed E-state index contributed by atoms with van der Waals surface area (Å²) in [7, 11) is 0. The topological polar surface area (TPSA) is 61.6 Å². The second-order valence-electron chi connectivity index (χ2n) is 7.22. The van der Waals surface area contributed by atoms with Crippen LogP contribution in [0.15, 0.2) is 59.2 Å². The molecule has 0 saturated heterocycles. The fraction of sp³-hybridized carbons (Fsp3) is 0.217. The van der Waals surface area contributed by atoms with Gasteiger partial charge in [-0.2, -0.15) is 0 Å². The standard InChI is InChI=1S/C23H19NO4/c1-14-17(20(25)10-9-15-6-5-11-26-15)12-18-19(24-14)13-22-16-7-3-4-8-21(16)27-23(18,2)28-22/h3-12,22H,13H2,1-2H3/b10-9+. The Balaban J connectivity index is 1.54. The highest BCUT2D eigenvalue weighted by atomic mass is 16.7. The van der Waals surface area contributed by atoms with Crippen LogP contribution in [0.4, 0.5) is 0 Å². The third-order valence-electron chi connectivity index (χ3n) is 5.31. The molecule has 0 radical (unpaired) electrons. The lowest BCUT2D eigenvalue weighted by atomic mass is 9.89. The van der Waals surface area contributed by atoms with Crippen molar-refractivity contribution in [1.29, 1.82) is 0 Å². The molecule has 140 valence electrons. The van der Waals surface area contributed by atoms with Gasteiger partial charge in [-0.1, -0.05) is 18.2 Å². The average molecular weight is 373 g/mol. The van der Waals surface area contributed by atoms with Crippen molar-refractivity contribution in [2.24, 2.45) is 0 Å². The van der Waals surface area contributed by atoms with Gasteiger partial charge in [0.25, 0.3) is 0 Å². The number of para-hydroxylation sites is 1. The van der Waals surface area contributed by atoms with Crippen LogP contribution in [0.2, 0.25) is 0 Å². The van der Waals surface area contributed by atoms with E-state index in [9.17, 15) is 4.79 Å². The number of carbonyl (C=O) groups is 1. The van der Waals surface area contributed by atoms with Gasteiger partial charge in [0.1, 0.15) is 11.5 Å². The highest BCUT2D eigenvalue weighted by Crippen LogP contribution is 2.49. The molecule has 5 rings (SSSR count). The number of ether oxygens (including phenoxy) is 2. The van der Waals surface area contributed by atoms with Gasteiger partial charge in [0, 0.05) is 35.7 Å². The van der Waals surface area contributed by atoms with Gasteiger partial charge in [-0.3, -0.25) is 9.78 Å². The van der Waals surface area contributed by atoms with E-state index in [4.69, 9.17) is 18.9 Å². The summed E-state index contributed by atoms with van der Waals surface area (Å²) in [6, 6.07) is 13.3. The SMILES string of the molecule is Cc1nc2c(cc1C(=O)/C=C/c1ccco1)C1(C)Oc3ccccc3C(C2)O1. The van der Waals surface area contributed by atoms with Gasteiger partial charge >= 0.3 is 0 Å². The zero-order chi connectivity index (χ0) is 19.3. The average Bonchev–Trinajstić information content (AvgIpc) is 3.19. The van der Waals surface area contributed by atoms with Crippen molar-refractivity contribution in [3.8, 4) is 5.75 Å². The Hall–Kier alpha value is -3.18. The molecule has 4 heterocycles. The number of ketones is 1. The summed E-state index contributed by atoms with van der Waals surface area (Å²) < 4.78 is 17.7. The molecule has 2 aliphatic rings. The largest absolute Gasteiger partial charge is 0.465 e. The number of pyridine rings is 1. The second kappa shape index (κ2) is 6.17. The first-order valence-corrected chi connectivity index (χ1v) is 9.26. The maximum absolute atomic E-state index is 12.8. The summed E-state index contributed by atoms with van der Waals surface area (Å²) in [5.74, 6) is 0.346. The minimum Gasteiger partial charge on any atom is -0.465 e. The molecule has 2 aliphatic heterocycles. The Bertz CT molecular complexity index is 1100. The highest BCUT2D eigenvalue weighted by molar-refractivity contribution is 6.07. The van der Waals surface area contributed by atoms with Crippen LogP contribution in [-0.4, -0.2) is 10.8 Å². The molecule has 0 amide bonds. The third kappa shape index (κ3) is 2.67. The Morgan fingerprint density at radius 3 is 2.93 bits per heavy atom. The molecular weight excluding hydrogens is 354 g/mol. The number of allylic oxidation sites excluding steroid dienone is 1. The predicted molar refractivity (Wildman–Crippen MR) is 103 cm³/mol. The lowest BCUT2D eigenvalue weighted by Crippen LogP contribution is -2.43. The molecule has 3 aromatic rings. The molecular formula is C23H19NO4. The van der Waals surface area contributed by atoms with Crippen molar-refractivity contribution in [2.45, 2.75) is 32.2 Å². The Morgan fingerprint density at radius 1 is 1.25 bits per heavy atom. The molecule has 0 saturated carbocycles. The van der Waals surface area contributed by atoms with Crippen molar-refractivity contribution < 1.29 is 18.7 Å². The maximum Gasteiger partial charge on any atom is 0.236 e. The van der Waals surface area contributed by atoms with Crippen LogP contribution in [0.3, 0.4) is 0 Å². The Kier molecular flexibility index (Phi) is 3.74. The van der Waals surface area contributed by atoms with Crippen LogP contribution in [0, 0.1) is 6.92 Å². The van der Waals surface area contributed by atoms with Crippen molar-refractivity contribution in [1.82, 2.24) is 4.98 Å². The molecule has 2 atom stereocenters. The number of fused-ring (bicyclic) bond motifs is 6. The van der Waals surface area contributed by atoms with E-state index >= 15 is 0 Å². The van der Waals surface area contributed by atoms with Crippen LogP contribution >= 0.6 is 0 Å². The zero-order valence-electron chi connectivity index (χ0n) is 15.6. The quantitative estimate of drug-likeness (QED) is 0.489. The molecule has 0 aliphatic carbocycles. The second-order valence-corrected chi connectivity index (χ2v) is 7.22. The Labute approximate surface area is 162 Å². The minimum atomic E-state index is -0.965. The summed E-state index contributed by atoms with van der Waals surface area (Å²) >= 11 is 0. The number of nitrogens with zero attached hydrogens (tertiary/aromatic N) is 1. The summed E-state index contributed by atoms with van der Waals surface area (Å²) in [6.45, 7) is 3.74. The number of furan rings is 1. The smallest absolute Gasteiger partial charge is 0.236 e. The normalized spacial score (nSPS) is 22.4. The molecule has 5 heteroatoms. The first kappa shape index (κ1) is 17.0. The van der Waals surface area contributed by atoms with Crippen molar-refractivity contribution in [2.75, 3.05) is 0 Å². The van der Waals surface area contributed by atoms with Gasteiger partial charge in [0.05, 0.1) is 18.1 Å². The monoisotopic (exact) mass is 373 g/mol. The van der Waals surface area contributed by atoms with Crippen LogP contribution < -0.4 is 4.74 Å². The van der Waals surface area contributed by atoms with Crippen molar-refractivity contribution in [3.63, 3.8) is 0 Å². The number of hydrogen-bond donors (Lipinski definition) is 0. The van der Waals surface area contributed by atoms with Crippen LogP contribution in [0.1, 0.15) is 51.7 Å². The van der Waals surface area contributed by atoms with Gasteiger partial charge in [-0.25, -0.2) is 0 Å². The number of carbonyl (C=O) groups excluding carboxylic acids is 1. The number of benzene rings is 1. The predicted octanol–water partition coefficient (Wildman–Crippen LogP) is 4.76.